The molecule has 11 rings (SSSR count). The van der Waals surface area contributed by atoms with E-state index in [2.05, 4.69) is 205 Å². The van der Waals surface area contributed by atoms with Crippen LogP contribution in [-0.4, -0.2) is 0 Å². The van der Waals surface area contributed by atoms with Gasteiger partial charge in [-0.15, -0.1) is 11.3 Å². The summed E-state index contributed by atoms with van der Waals surface area (Å²) in [6.45, 7) is 0. The predicted molar refractivity (Wildman–Crippen MR) is 235 cm³/mol. The van der Waals surface area contributed by atoms with Gasteiger partial charge in [0, 0.05) is 53.4 Å². The molecule has 0 amide bonds. The van der Waals surface area contributed by atoms with Gasteiger partial charge in [0.15, 0.2) is 5.58 Å². The topological polar surface area (TPSA) is 16.4 Å². The summed E-state index contributed by atoms with van der Waals surface area (Å²) in [6, 6.07) is 71.9. The van der Waals surface area contributed by atoms with Crippen molar-refractivity contribution in [3.63, 3.8) is 0 Å². The molecule has 2 aromatic heterocycles. The zero-order chi connectivity index (χ0) is 36.3. The third-order valence-corrected chi connectivity index (χ3v) is 12.1. The summed E-state index contributed by atoms with van der Waals surface area (Å²) < 4.78 is 9.84. The molecule has 2 heterocycles. The van der Waals surface area contributed by atoms with E-state index in [1.807, 2.05) is 11.3 Å². The minimum absolute atomic E-state index is 0.858. The van der Waals surface area contributed by atoms with E-state index in [4.69, 9.17) is 4.42 Å². The number of benzene rings is 9. The summed E-state index contributed by atoms with van der Waals surface area (Å²) >= 11 is 1.86. The van der Waals surface area contributed by atoms with Gasteiger partial charge in [-0.05, 0) is 75.5 Å². The van der Waals surface area contributed by atoms with Crippen molar-refractivity contribution in [1.82, 2.24) is 0 Å². The van der Waals surface area contributed by atoms with E-state index in [0.717, 1.165) is 44.6 Å². The number of hydrogen-bond donors (Lipinski definition) is 0. The zero-order valence-electron chi connectivity index (χ0n) is 29.8. The molecule has 3 heteroatoms. The summed E-state index contributed by atoms with van der Waals surface area (Å²) in [5.74, 6) is 0. The van der Waals surface area contributed by atoms with Crippen molar-refractivity contribution in [2.24, 2.45) is 0 Å². The van der Waals surface area contributed by atoms with Gasteiger partial charge in [-0.2, -0.15) is 0 Å². The van der Waals surface area contributed by atoms with E-state index < -0.39 is 0 Å². The molecule has 9 aromatic carbocycles. The highest BCUT2D eigenvalue weighted by Crippen LogP contribution is 2.49. The van der Waals surface area contributed by atoms with Crippen LogP contribution in [0.1, 0.15) is 0 Å². The number of anilines is 3. The van der Waals surface area contributed by atoms with Crippen molar-refractivity contribution in [3.8, 4) is 33.4 Å². The molecule has 0 spiro atoms. The van der Waals surface area contributed by atoms with Crippen LogP contribution in [0.15, 0.2) is 205 Å². The Hall–Kier alpha value is -6.94. The number of rotatable bonds is 6. The first-order chi connectivity index (χ1) is 27.3. The Morgan fingerprint density at radius 3 is 1.62 bits per heavy atom. The standard InChI is InChI=1S/C52H33NOS/c1-3-13-34(14-4-1)36-25-29-39(30-26-36)53(40-31-27-37(28-32-40)35-15-5-2-6-16-35)47-23-12-20-43-46-33-38-17-7-8-18-41(38)49(51(46)54-50(43)47)45-22-11-21-44-42-19-9-10-24-48(42)55-52(44)45/h1-33H. The van der Waals surface area contributed by atoms with Crippen LogP contribution in [0.25, 0.3) is 86.3 Å². The molecule has 11 aromatic rings. The number of nitrogens with zero attached hydrogens (tertiary/aromatic N) is 1. The van der Waals surface area contributed by atoms with E-state index in [-0.39, 0.29) is 0 Å². The highest BCUT2D eigenvalue weighted by molar-refractivity contribution is 7.26. The lowest BCUT2D eigenvalue weighted by Crippen LogP contribution is -2.10. The molecule has 0 aliphatic heterocycles. The summed E-state index contributed by atoms with van der Waals surface area (Å²) in [6.07, 6.45) is 0. The van der Waals surface area contributed by atoms with Crippen molar-refractivity contribution in [2.45, 2.75) is 0 Å². The SMILES string of the molecule is c1ccc(-c2ccc(N(c3ccc(-c4ccccc4)cc3)c3cccc4c3oc3c(-c5cccc6c5sc5ccccc56)c5ccccc5cc34)cc2)cc1. The molecule has 0 radical (unpaired) electrons. The predicted octanol–water partition coefficient (Wildman–Crippen LogP) is 15.6. The maximum atomic E-state index is 7.27. The van der Waals surface area contributed by atoms with E-state index in [0.29, 0.717) is 0 Å². The molecule has 0 fully saturated rings. The fourth-order valence-electron chi connectivity index (χ4n) is 8.26. The monoisotopic (exact) mass is 719 g/mol. The van der Waals surface area contributed by atoms with E-state index >= 15 is 0 Å². The lowest BCUT2D eigenvalue weighted by atomic mass is 9.94. The Labute approximate surface area is 322 Å². The van der Waals surface area contributed by atoms with Crippen molar-refractivity contribution >= 4 is 81.3 Å². The Morgan fingerprint density at radius 2 is 0.927 bits per heavy atom. The average molecular weight is 720 g/mol. The smallest absolute Gasteiger partial charge is 0.159 e. The molecule has 0 N–H and O–H groups in total. The normalized spacial score (nSPS) is 11.6. The first kappa shape index (κ1) is 31.6. The quantitative estimate of drug-likeness (QED) is 0.170. The first-order valence-corrected chi connectivity index (χ1v) is 19.5. The molecule has 0 bridgehead atoms. The molecule has 0 saturated carbocycles. The van der Waals surface area contributed by atoms with Crippen LogP contribution in [0.3, 0.4) is 0 Å². The van der Waals surface area contributed by atoms with Gasteiger partial charge < -0.3 is 9.32 Å². The lowest BCUT2D eigenvalue weighted by molar-refractivity contribution is 0.670. The van der Waals surface area contributed by atoms with Gasteiger partial charge in [-0.25, -0.2) is 0 Å². The Morgan fingerprint density at radius 1 is 0.382 bits per heavy atom. The molecule has 0 saturated heterocycles. The fraction of sp³-hybridized carbons (Fsp3) is 0. The van der Waals surface area contributed by atoms with Gasteiger partial charge in [-0.3, -0.25) is 0 Å². The molecular formula is C52H33NOS. The van der Waals surface area contributed by atoms with Crippen molar-refractivity contribution in [3.05, 3.63) is 200 Å². The van der Waals surface area contributed by atoms with Gasteiger partial charge in [0.1, 0.15) is 5.58 Å². The number of thiophene rings is 1. The van der Waals surface area contributed by atoms with E-state index in [9.17, 15) is 0 Å². The van der Waals surface area contributed by atoms with E-state index in [1.54, 1.807) is 0 Å². The maximum Gasteiger partial charge on any atom is 0.159 e. The molecule has 0 unspecified atom stereocenters. The van der Waals surface area contributed by atoms with Crippen LogP contribution in [0.4, 0.5) is 17.1 Å². The number of para-hydroxylation sites is 1. The Balaban J connectivity index is 1.16. The number of furan rings is 1. The lowest BCUT2D eigenvalue weighted by Gasteiger charge is -2.26. The summed E-state index contributed by atoms with van der Waals surface area (Å²) in [5.41, 5.74) is 12.0. The zero-order valence-corrected chi connectivity index (χ0v) is 30.6. The minimum Gasteiger partial charge on any atom is -0.453 e. The van der Waals surface area contributed by atoms with Gasteiger partial charge >= 0.3 is 0 Å². The number of fused-ring (bicyclic) bond motifs is 7. The summed E-state index contributed by atoms with van der Waals surface area (Å²) in [4.78, 5) is 2.33. The van der Waals surface area contributed by atoms with Gasteiger partial charge in [-0.1, -0.05) is 158 Å². The molecule has 258 valence electrons. The number of hydrogen-bond acceptors (Lipinski definition) is 3. The molecule has 0 aliphatic carbocycles. The van der Waals surface area contributed by atoms with Crippen LogP contribution in [-0.2, 0) is 0 Å². The van der Waals surface area contributed by atoms with Gasteiger partial charge in [0.2, 0.25) is 0 Å². The largest absolute Gasteiger partial charge is 0.453 e. The van der Waals surface area contributed by atoms with Crippen LogP contribution in [0.2, 0.25) is 0 Å². The van der Waals surface area contributed by atoms with Crippen LogP contribution >= 0.6 is 11.3 Å². The molecule has 0 atom stereocenters. The molecule has 0 aliphatic rings. The average Bonchev–Trinajstić information content (AvgIpc) is 3.83. The molecular weight excluding hydrogens is 687 g/mol. The summed E-state index contributed by atoms with van der Waals surface area (Å²) in [7, 11) is 0. The van der Waals surface area contributed by atoms with E-state index in [1.165, 1.54) is 58.8 Å². The first-order valence-electron chi connectivity index (χ1n) is 18.7. The fourth-order valence-corrected chi connectivity index (χ4v) is 9.49. The highest BCUT2D eigenvalue weighted by atomic mass is 32.1. The third-order valence-electron chi connectivity index (χ3n) is 10.9. The van der Waals surface area contributed by atoms with Crippen LogP contribution < -0.4 is 4.90 Å². The Kier molecular flexibility index (Phi) is 7.39. The van der Waals surface area contributed by atoms with Crippen LogP contribution in [0.5, 0.6) is 0 Å². The van der Waals surface area contributed by atoms with Gasteiger partial charge in [0.05, 0.1) is 5.69 Å². The maximum absolute atomic E-state index is 7.27. The second-order valence-electron chi connectivity index (χ2n) is 14.0. The summed E-state index contributed by atoms with van der Waals surface area (Å²) in [5, 5.41) is 7.16. The minimum atomic E-state index is 0.858. The van der Waals surface area contributed by atoms with Crippen molar-refractivity contribution < 1.29 is 4.42 Å². The second kappa shape index (κ2) is 12.9. The Bertz CT molecular complexity index is 3090. The van der Waals surface area contributed by atoms with Crippen molar-refractivity contribution in [1.29, 1.82) is 0 Å². The van der Waals surface area contributed by atoms with Crippen molar-refractivity contribution in [2.75, 3.05) is 4.90 Å². The van der Waals surface area contributed by atoms with Crippen LogP contribution in [0, 0.1) is 0 Å². The van der Waals surface area contributed by atoms with Gasteiger partial charge in [0.25, 0.3) is 0 Å². The highest BCUT2D eigenvalue weighted by Gasteiger charge is 2.23. The molecule has 55 heavy (non-hydrogen) atoms. The second-order valence-corrected chi connectivity index (χ2v) is 15.1. The molecule has 2 nitrogen and oxygen atoms in total. The third kappa shape index (κ3) is 5.24.